The Labute approximate surface area is 240 Å². The number of rotatable bonds is 11. The molecule has 2 atom stereocenters. The van der Waals surface area contributed by atoms with Crippen LogP contribution in [0.3, 0.4) is 0 Å². The first kappa shape index (κ1) is 30.5. The molecule has 0 aliphatic carbocycles. The SMILES string of the molecule is CC[C@@H](C)NC(=O)[C@H](C)N(Cc1ccccc1Cl)C(=O)CN(c1ccc(Cl)cc1C)S(=O)(=O)c1ccccc1. The van der Waals surface area contributed by atoms with Crippen LogP contribution < -0.4 is 9.62 Å². The summed E-state index contributed by atoms with van der Waals surface area (Å²) in [6.45, 7) is 6.65. The van der Waals surface area contributed by atoms with Gasteiger partial charge < -0.3 is 10.2 Å². The van der Waals surface area contributed by atoms with Crippen LogP contribution in [-0.4, -0.2) is 43.8 Å². The highest BCUT2D eigenvalue weighted by Crippen LogP contribution is 2.29. The second kappa shape index (κ2) is 13.3. The molecule has 0 bridgehead atoms. The number of hydrogen-bond donors (Lipinski definition) is 1. The fourth-order valence-corrected chi connectivity index (χ4v) is 5.91. The lowest BCUT2D eigenvalue weighted by Crippen LogP contribution is -2.52. The van der Waals surface area contributed by atoms with Crippen LogP contribution in [0.5, 0.6) is 0 Å². The monoisotopic (exact) mass is 589 g/mol. The minimum atomic E-state index is -4.15. The first-order chi connectivity index (χ1) is 18.4. The molecule has 1 N–H and O–H groups in total. The summed E-state index contributed by atoms with van der Waals surface area (Å²) in [6.07, 6.45) is 0.718. The van der Waals surface area contributed by atoms with E-state index in [2.05, 4.69) is 5.32 Å². The normalized spacial score (nSPS) is 12.9. The maximum atomic E-state index is 14.0. The fourth-order valence-electron chi connectivity index (χ4n) is 3.99. The number of benzene rings is 3. The summed E-state index contributed by atoms with van der Waals surface area (Å²) in [5.74, 6) is -0.902. The van der Waals surface area contributed by atoms with Crippen molar-refractivity contribution in [2.45, 2.75) is 57.6 Å². The summed E-state index contributed by atoms with van der Waals surface area (Å²) in [5, 5.41) is 3.79. The minimum Gasteiger partial charge on any atom is -0.352 e. The number of halogens is 2. The Morgan fingerprint density at radius 1 is 0.949 bits per heavy atom. The quantitative estimate of drug-likeness (QED) is 0.305. The van der Waals surface area contributed by atoms with Gasteiger partial charge in [-0.2, -0.15) is 0 Å². The first-order valence-corrected chi connectivity index (χ1v) is 14.8. The first-order valence-electron chi connectivity index (χ1n) is 12.6. The largest absolute Gasteiger partial charge is 0.352 e. The zero-order valence-electron chi connectivity index (χ0n) is 22.4. The molecule has 0 heterocycles. The van der Waals surface area contributed by atoms with Crippen LogP contribution in [-0.2, 0) is 26.2 Å². The zero-order chi connectivity index (χ0) is 28.7. The predicted molar refractivity (Wildman–Crippen MR) is 157 cm³/mol. The van der Waals surface area contributed by atoms with E-state index >= 15 is 0 Å². The highest BCUT2D eigenvalue weighted by molar-refractivity contribution is 7.92. The lowest BCUT2D eigenvalue weighted by Gasteiger charge is -2.33. The summed E-state index contributed by atoms with van der Waals surface area (Å²) in [6, 6.07) is 18.7. The van der Waals surface area contributed by atoms with Gasteiger partial charge in [0.2, 0.25) is 11.8 Å². The van der Waals surface area contributed by atoms with Gasteiger partial charge in [-0.3, -0.25) is 13.9 Å². The smallest absolute Gasteiger partial charge is 0.264 e. The van der Waals surface area contributed by atoms with Crippen molar-refractivity contribution in [3.63, 3.8) is 0 Å². The number of aryl methyl sites for hydroxylation is 1. The molecule has 3 aromatic carbocycles. The van der Waals surface area contributed by atoms with Crippen molar-refractivity contribution in [1.82, 2.24) is 10.2 Å². The van der Waals surface area contributed by atoms with Gasteiger partial charge in [-0.1, -0.05) is 66.5 Å². The number of nitrogens with one attached hydrogen (secondary N) is 1. The summed E-state index contributed by atoms with van der Waals surface area (Å²) in [4.78, 5) is 28.5. The van der Waals surface area contributed by atoms with E-state index in [0.717, 1.165) is 10.7 Å². The molecule has 0 spiro atoms. The van der Waals surface area contributed by atoms with Crippen LogP contribution in [0.25, 0.3) is 0 Å². The summed E-state index contributed by atoms with van der Waals surface area (Å²) in [5.41, 5.74) is 1.52. The number of sulfonamides is 1. The van der Waals surface area contributed by atoms with Gasteiger partial charge in [-0.05, 0) is 74.7 Å². The lowest BCUT2D eigenvalue weighted by atomic mass is 10.1. The molecule has 0 aromatic heterocycles. The van der Waals surface area contributed by atoms with Gasteiger partial charge in [0.1, 0.15) is 12.6 Å². The zero-order valence-corrected chi connectivity index (χ0v) is 24.7. The van der Waals surface area contributed by atoms with Gasteiger partial charge in [-0.25, -0.2) is 8.42 Å². The number of hydrogen-bond acceptors (Lipinski definition) is 4. The molecule has 2 amide bonds. The summed E-state index contributed by atoms with van der Waals surface area (Å²) >= 11 is 12.5. The summed E-state index contributed by atoms with van der Waals surface area (Å²) < 4.78 is 28.8. The van der Waals surface area contributed by atoms with Gasteiger partial charge in [0.25, 0.3) is 10.0 Å². The van der Waals surface area contributed by atoms with Crippen LogP contribution >= 0.6 is 23.2 Å². The Kier molecular flexibility index (Phi) is 10.4. The average molecular weight is 591 g/mol. The van der Waals surface area contributed by atoms with E-state index in [9.17, 15) is 18.0 Å². The molecule has 208 valence electrons. The topological polar surface area (TPSA) is 86.8 Å². The Balaban J connectivity index is 2.06. The molecule has 0 aliphatic rings. The van der Waals surface area contributed by atoms with Crippen molar-refractivity contribution in [2.24, 2.45) is 0 Å². The Hall–Kier alpha value is -3.07. The Morgan fingerprint density at radius 3 is 2.21 bits per heavy atom. The third-order valence-corrected chi connectivity index (χ3v) is 8.88. The molecule has 0 aliphatic heterocycles. The second-order valence-electron chi connectivity index (χ2n) is 9.36. The van der Waals surface area contributed by atoms with Crippen molar-refractivity contribution >= 4 is 50.7 Å². The van der Waals surface area contributed by atoms with Gasteiger partial charge in [0, 0.05) is 22.6 Å². The van der Waals surface area contributed by atoms with E-state index in [-0.39, 0.29) is 23.4 Å². The van der Waals surface area contributed by atoms with Crippen molar-refractivity contribution in [3.05, 3.63) is 94.0 Å². The van der Waals surface area contributed by atoms with Crippen LogP contribution in [0.4, 0.5) is 5.69 Å². The molecule has 3 rings (SSSR count). The molecule has 3 aromatic rings. The van der Waals surface area contributed by atoms with Crippen molar-refractivity contribution < 1.29 is 18.0 Å². The number of amides is 2. The second-order valence-corrected chi connectivity index (χ2v) is 12.1. The minimum absolute atomic E-state index is 0.0203. The van der Waals surface area contributed by atoms with Gasteiger partial charge in [0.05, 0.1) is 10.6 Å². The molecule has 0 fully saturated rings. The molecule has 39 heavy (non-hydrogen) atoms. The maximum Gasteiger partial charge on any atom is 0.264 e. The molecule has 10 heteroatoms. The van der Waals surface area contributed by atoms with Gasteiger partial charge in [-0.15, -0.1) is 0 Å². The van der Waals surface area contributed by atoms with Crippen LogP contribution in [0.1, 0.15) is 38.3 Å². The number of anilines is 1. The number of carbonyl (C=O) groups excluding carboxylic acids is 2. The Bertz CT molecular complexity index is 1420. The van der Waals surface area contributed by atoms with E-state index in [1.807, 2.05) is 13.8 Å². The van der Waals surface area contributed by atoms with Crippen LogP contribution in [0, 0.1) is 6.92 Å². The van der Waals surface area contributed by atoms with Crippen molar-refractivity contribution in [1.29, 1.82) is 0 Å². The fraction of sp³-hybridized carbons (Fsp3) is 0.310. The third-order valence-electron chi connectivity index (χ3n) is 6.50. The van der Waals surface area contributed by atoms with Crippen LogP contribution in [0.2, 0.25) is 10.0 Å². The van der Waals surface area contributed by atoms with E-state index in [0.29, 0.717) is 26.9 Å². The van der Waals surface area contributed by atoms with Crippen molar-refractivity contribution in [3.8, 4) is 0 Å². The molecule has 0 radical (unpaired) electrons. The molecule has 0 unspecified atom stereocenters. The van der Waals surface area contributed by atoms with E-state index in [4.69, 9.17) is 23.2 Å². The molecular formula is C29H33Cl2N3O4S. The average Bonchev–Trinajstić information content (AvgIpc) is 2.91. The molecule has 7 nitrogen and oxygen atoms in total. The highest BCUT2D eigenvalue weighted by Gasteiger charge is 2.33. The Morgan fingerprint density at radius 2 is 1.59 bits per heavy atom. The van der Waals surface area contributed by atoms with E-state index in [1.54, 1.807) is 74.5 Å². The van der Waals surface area contributed by atoms with Gasteiger partial charge in [0.15, 0.2) is 0 Å². The number of nitrogens with zero attached hydrogens (tertiary/aromatic N) is 2. The predicted octanol–water partition coefficient (Wildman–Crippen LogP) is 5.83. The van der Waals surface area contributed by atoms with E-state index < -0.39 is 28.5 Å². The summed E-state index contributed by atoms with van der Waals surface area (Å²) in [7, 11) is -4.15. The highest BCUT2D eigenvalue weighted by atomic mass is 35.5. The van der Waals surface area contributed by atoms with Crippen molar-refractivity contribution in [2.75, 3.05) is 10.8 Å². The third kappa shape index (κ3) is 7.53. The standard InChI is InChI=1S/C29H33Cl2N3O4S/c1-5-21(3)32-29(36)22(4)33(18-23-11-9-10-14-26(23)31)28(35)19-34(27-16-15-24(30)17-20(27)2)39(37,38)25-12-7-6-8-13-25/h6-17,21-22H,5,18-19H2,1-4H3,(H,32,36)/t21-,22+/m1/s1. The lowest BCUT2D eigenvalue weighted by molar-refractivity contribution is -0.139. The van der Waals surface area contributed by atoms with Crippen LogP contribution in [0.15, 0.2) is 77.7 Å². The molecule has 0 saturated carbocycles. The van der Waals surface area contributed by atoms with E-state index in [1.165, 1.54) is 17.0 Å². The molecule has 0 saturated heterocycles. The molecular weight excluding hydrogens is 557 g/mol. The van der Waals surface area contributed by atoms with Gasteiger partial charge >= 0.3 is 0 Å². The number of carbonyl (C=O) groups is 2. The maximum absolute atomic E-state index is 14.0.